The number of rotatable bonds is 5. The molecule has 0 aliphatic carbocycles. The third kappa shape index (κ3) is 5.14. The van der Waals surface area contributed by atoms with Crippen molar-refractivity contribution in [1.29, 1.82) is 0 Å². The van der Waals surface area contributed by atoms with E-state index in [0.717, 1.165) is 36.5 Å². The van der Waals surface area contributed by atoms with Crippen LogP contribution in [0.2, 0.25) is 0 Å². The Morgan fingerprint density at radius 3 is 2.41 bits per heavy atom. The summed E-state index contributed by atoms with van der Waals surface area (Å²) in [4.78, 5) is 13.7. The summed E-state index contributed by atoms with van der Waals surface area (Å²) in [6, 6.07) is 7.06. The highest BCUT2D eigenvalue weighted by Gasteiger charge is 2.19. The fourth-order valence-electron chi connectivity index (χ4n) is 3.14. The van der Waals surface area contributed by atoms with Gasteiger partial charge in [-0.05, 0) is 18.2 Å². The van der Waals surface area contributed by atoms with Gasteiger partial charge in [0.15, 0.2) is 5.82 Å². The summed E-state index contributed by atoms with van der Waals surface area (Å²) in [5, 5.41) is 14.2. The molecular formula is C19H23BrN6O3. The second-order valence-electron chi connectivity index (χ2n) is 6.68. The summed E-state index contributed by atoms with van der Waals surface area (Å²) in [6.07, 6.45) is 1.56. The number of hydrogen-bond donors (Lipinski definition) is 2. The van der Waals surface area contributed by atoms with Gasteiger partial charge in [-0.3, -0.25) is 5.43 Å². The number of morpholine rings is 2. The first-order valence-corrected chi connectivity index (χ1v) is 10.3. The Bertz CT molecular complexity index is 833. The van der Waals surface area contributed by atoms with Crippen LogP contribution in [0.5, 0.6) is 5.75 Å². The lowest BCUT2D eigenvalue weighted by Gasteiger charge is -2.31. The monoisotopic (exact) mass is 462 g/mol. The summed E-state index contributed by atoms with van der Waals surface area (Å²) < 4.78 is 11.8. The molecule has 1 aromatic carbocycles. The first-order chi connectivity index (χ1) is 14.2. The quantitative estimate of drug-likeness (QED) is 0.514. The highest BCUT2D eigenvalue weighted by molar-refractivity contribution is 9.10. The lowest BCUT2D eigenvalue weighted by Crippen LogP contribution is -2.39. The van der Waals surface area contributed by atoms with Crippen molar-refractivity contribution in [3.63, 3.8) is 0 Å². The number of hydrazone groups is 1. The van der Waals surface area contributed by atoms with Crippen LogP contribution >= 0.6 is 15.9 Å². The van der Waals surface area contributed by atoms with Crippen molar-refractivity contribution in [2.45, 2.75) is 0 Å². The van der Waals surface area contributed by atoms with Gasteiger partial charge in [0.05, 0.1) is 32.6 Å². The normalized spacial score (nSPS) is 17.7. The standard InChI is InChI=1S/C19H23BrN6O3/c20-15-1-2-16(27)14(11-15)13-21-24-17-12-18(25-3-7-28-8-4-25)23-19(22-17)26-5-9-29-10-6-26/h1-2,11-13,27H,3-10H2,(H,22,23,24)/b21-13-. The molecule has 2 N–H and O–H groups in total. The van der Waals surface area contributed by atoms with Gasteiger partial charge in [0.1, 0.15) is 11.6 Å². The number of nitrogens with zero attached hydrogens (tertiary/aromatic N) is 5. The Morgan fingerprint density at radius 1 is 1.00 bits per heavy atom. The van der Waals surface area contributed by atoms with E-state index in [2.05, 4.69) is 41.2 Å². The molecule has 9 nitrogen and oxygen atoms in total. The van der Waals surface area contributed by atoms with Crippen LogP contribution < -0.4 is 15.2 Å². The van der Waals surface area contributed by atoms with Crippen LogP contribution in [0.1, 0.15) is 5.56 Å². The van der Waals surface area contributed by atoms with Gasteiger partial charge >= 0.3 is 0 Å². The summed E-state index contributed by atoms with van der Waals surface area (Å²) in [7, 11) is 0. The fourth-order valence-corrected chi connectivity index (χ4v) is 3.51. The summed E-state index contributed by atoms with van der Waals surface area (Å²) in [5.74, 6) is 2.24. The second-order valence-corrected chi connectivity index (χ2v) is 7.60. The molecule has 2 aliphatic heterocycles. The Kier molecular flexibility index (Phi) is 6.43. The Balaban J connectivity index is 1.57. The molecule has 0 atom stereocenters. The zero-order chi connectivity index (χ0) is 20.1. The number of ether oxygens (including phenoxy) is 2. The van der Waals surface area contributed by atoms with Gasteiger partial charge in [-0.1, -0.05) is 15.9 Å². The Morgan fingerprint density at radius 2 is 1.69 bits per heavy atom. The minimum Gasteiger partial charge on any atom is -0.507 e. The van der Waals surface area contributed by atoms with Gasteiger partial charge in [0, 0.05) is 42.3 Å². The van der Waals surface area contributed by atoms with E-state index in [1.54, 1.807) is 24.4 Å². The van der Waals surface area contributed by atoms with Crippen LogP contribution in [0.15, 0.2) is 33.8 Å². The van der Waals surface area contributed by atoms with E-state index in [1.165, 1.54) is 0 Å². The van der Waals surface area contributed by atoms with Gasteiger partial charge in [-0.25, -0.2) is 0 Å². The van der Waals surface area contributed by atoms with Gasteiger partial charge in [-0.2, -0.15) is 15.1 Å². The number of aromatic nitrogens is 2. The highest BCUT2D eigenvalue weighted by atomic mass is 79.9. The van der Waals surface area contributed by atoms with Crippen LogP contribution in [0, 0.1) is 0 Å². The molecule has 154 valence electrons. The van der Waals surface area contributed by atoms with Crippen molar-refractivity contribution >= 4 is 39.7 Å². The van der Waals surface area contributed by atoms with Gasteiger partial charge < -0.3 is 24.4 Å². The van der Waals surface area contributed by atoms with E-state index in [4.69, 9.17) is 14.5 Å². The Labute approximate surface area is 177 Å². The molecular weight excluding hydrogens is 440 g/mol. The van der Waals surface area contributed by atoms with Crippen LogP contribution in [0.4, 0.5) is 17.6 Å². The lowest BCUT2D eigenvalue weighted by molar-refractivity contribution is 0.121. The molecule has 0 radical (unpaired) electrons. The molecule has 0 saturated carbocycles. The third-order valence-electron chi connectivity index (χ3n) is 4.70. The largest absolute Gasteiger partial charge is 0.507 e. The number of hydrogen-bond acceptors (Lipinski definition) is 9. The molecule has 2 fully saturated rings. The lowest BCUT2D eigenvalue weighted by atomic mass is 10.2. The molecule has 10 heteroatoms. The Hall–Kier alpha value is -2.43. The molecule has 1 aromatic heterocycles. The number of aromatic hydroxyl groups is 1. The maximum absolute atomic E-state index is 9.96. The summed E-state index contributed by atoms with van der Waals surface area (Å²) in [6.45, 7) is 5.76. The van der Waals surface area contributed by atoms with Gasteiger partial charge in [-0.15, -0.1) is 0 Å². The van der Waals surface area contributed by atoms with E-state index in [0.29, 0.717) is 43.8 Å². The molecule has 29 heavy (non-hydrogen) atoms. The molecule has 0 spiro atoms. The fraction of sp³-hybridized carbons (Fsp3) is 0.421. The van der Waals surface area contributed by atoms with Gasteiger partial charge in [0.2, 0.25) is 5.95 Å². The SMILES string of the molecule is Oc1ccc(Br)cc1/C=N\Nc1cc(N2CCOCC2)nc(N2CCOCC2)n1. The van der Waals surface area contributed by atoms with Crippen LogP contribution in [-0.4, -0.2) is 73.9 Å². The summed E-state index contributed by atoms with van der Waals surface area (Å²) in [5.41, 5.74) is 3.57. The molecule has 4 rings (SSSR count). The molecule has 3 heterocycles. The van der Waals surface area contributed by atoms with Gasteiger partial charge in [0.25, 0.3) is 0 Å². The first kappa shape index (κ1) is 19.9. The highest BCUT2D eigenvalue weighted by Crippen LogP contribution is 2.23. The van der Waals surface area contributed by atoms with Crippen molar-refractivity contribution in [2.24, 2.45) is 5.10 Å². The van der Waals surface area contributed by atoms with Crippen LogP contribution in [0.25, 0.3) is 0 Å². The number of anilines is 3. The van der Waals surface area contributed by atoms with Crippen molar-refractivity contribution in [2.75, 3.05) is 67.8 Å². The smallest absolute Gasteiger partial charge is 0.229 e. The minimum absolute atomic E-state index is 0.157. The van der Waals surface area contributed by atoms with E-state index < -0.39 is 0 Å². The predicted octanol–water partition coefficient (Wildman–Crippen LogP) is 2.06. The molecule has 2 aromatic rings. The molecule has 0 bridgehead atoms. The second kappa shape index (κ2) is 9.38. The van der Waals surface area contributed by atoms with Crippen molar-refractivity contribution in [1.82, 2.24) is 9.97 Å². The average Bonchev–Trinajstić information content (AvgIpc) is 2.77. The average molecular weight is 463 g/mol. The van der Waals surface area contributed by atoms with Crippen LogP contribution in [0.3, 0.4) is 0 Å². The van der Waals surface area contributed by atoms with E-state index >= 15 is 0 Å². The predicted molar refractivity (Wildman–Crippen MR) is 115 cm³/mol. The maximum atomic E-state index is 9.96. The van der Waals surface area contributed by atoms with Crippen molar-refractivity contribution in [3.8, 4) is 5.75 Å². The summed E-state index contributed by atoms with van der Waals surface area (Å²) >= 11 is 3.40. The van der Waals surface area contributed by atoms with E-state index in [1.807, 2.05) is 6.07 Å². The number of nitrogens with one attached hydrogen (secondary N) is 1. The van der Waals surface area contributed by atoms with Crippen molar-refractivity contribution < 1.29 is 14.6 Å². The maximum Gasteiger partial charge on any atom is 0.229 e. The van der Waals surface area contributed by atoms with E-state index in [-0.39, 0.29) is 5.75 Å². The van der Waals surface area contributed by atoms with E-state index in [9.17, 15) is 5.11 Å². The topological polar surface area (TPSA) is 95.3 Å². The van der Waals surface area contributed by atoms with Crippen LogP contribution in [-0.2, 0) is 9.47 Å². The number of benzene rings is 1. The molecule has 0 amide bonds. The zero-order valence-electron chi connectivity index (χ0n) is 15.9. The first-order valence-electron chi connectivity index (χ1n) is 9.51. The molecule has 2 saturated heterocycles. The number of phenolic OH excluding ortho intramolecular Hbond substituents is 1. The van der Waals surface area contributed by atoms with Crippen molar-refractivity contribution in [3.05, 3.63) is 34.3 Å². The third-order valence-corrected chi connectivity index (χ3v) is 5.20. The molecule has 2 aliphatic rings. The zero-order valence-corrected chi connectivity index (χ0v) is 17.5. The minimum atomic E-state index is 0.157. The molecule has 0 unspecified atom stereocenters. The number of halogens is 1. The number of phenols is 1.